The Morgan fingerprint density at radius 1 is 1.30 bits per heavy atom. The third-order valence-corrected chi connectivity index (χ3v) is 2.68. The lowest BCUT2D eigenvalue weighted by Crippen LogP contribution is -2.24. The van der Waals surface area contributed by atoms with Crippen LogP contribution >= 0.6 is 0 Å². The number of alkyl carbamates (subject to hydrolysis) is 1. The Bertz CT molecular complexity index is 715. The van der Waals surface area contributed by atoms with E-state index in [9.17, 15) is 18.0 Å². The van der Waals surface area contributed by atoms with Crippen LogP contribution in [0.4, 0.5) is 18.0 Å². The smallest absolute Gasteiger partial charge is 0.434 e. The Balaban J connectivity index is 1.80. The molecule has 2 N–H and O–H groups in total. The van der Waals surface area contributed by atoms with Crippen LogP contribution < -0.4 is 5.32 Å². The molecular formula is C15H12F3N3O2. The highest BCUT2D eigenvalue weighted by Gasteiger charge is 2.35. The minimum Gasteiger partial charge on any atom is -0.445 e. The summed E-state index contributed by atoms with van der Waals surface area (Å²) in [7, 11) is 0. The van der Waals surface area contributed by atoms with E-state index in [2.05, 4.69) is 22.3 Å². The summed E-state index contributed by atoms with van der Waals surface area (Å²) in [4.78, 5) is 11.4. The van der Waals surface area contributed by atoms with E-state index in [1.165, 1.54) is 0 Å². The number of carbonyl (C=O) groups is 1. The fourth-order valence-electron chi connectivity index (χ4n) is 1.63. The second-order valence-electron chi connectivity index (χ2n) is 4.37. The van der Waals surface area contributed by atoms with Crippen molar-refractivity contribution >= 4 is 6.09 Å². The van der Waals surface area contributed by atoms with Crippen molar-refractivity contribution in [2.45, 2.75) is 12.8 Å². The SMILES string of the molecule is O=C(NCC#Cc1cn[nH]c1C(F)(F)F)OCc1ccccc1. The number of aromatic nitrogens is 2. The Hall–Kier alpha value is -2.95. The van der Waals surface area contributed by atoms with E-state index >= 15 is 0 Å². The molecule has 0 saturated heterocycles. The topological polar surface area (TPSA) is 67.0 Å². The molecule has 2 aromatic rings. The highest BCUT2D eigenvalue weighted by Crippen LogP contribution is 2.29. The Kier molecular flexibility index (Phi) is 5.25. The number of hydrogen-bond donors (Lipinski definition) is 2. The van der Waals surface area contributed by atoms with Crippen molar-refractivity contribution in [2.24, 2.45) is 0 Å². The van der Waals surface area contributed by atoms with Gasteiger partial charge < -0.3 is 10.1 Å². The molecule has 8 heteroatoms. The third kappa shape index (κ3) is 5.07. The van der Waals surface area contributed by atoms with Gasteiger partial charge in [-0.05, 0) is 5.56 Å². The Morgan fingerprint density at radius 3 is 2.74 bits per heavy atom. The van der Waals surface area contributed by atoms with Crippen molar-refractivity contribution in [3.8, 4) is 11.8 Å². The van der Waals surface area contributed by atoms with Crippen LogP contribution in [0.3, 0.4) is 0 Å². The lowest BCUT2D eigenvalue weighted by Gasteiger charge is -2.04. The summed E-state index contributed by atoms with van der Waals surface area (Å²) in [5.41, 5.74) is -0.476. The lowest BCUT2D eigenvalue weighted by atomic mass is 10.2. The molecule has 0 unspecified atom stereocenters. The number of hydrogen-bond acceptors (Lipinski definition) is 3. The van der Waals surface area contributed by atoms with Gasteiger partial charge in [-0.2, -0.15) is 18.3 Å². The van der Waals surface area contributed by atoms with E-state index in [4.69, 9.17) is 4.74 Å². The summed E-state index contributed by atoms with van der Waals surface area (Å²) < 4.78 is 42.6. The van der Waals surface area contributed by atoms with Crippen LogP contribution in [0.2, 0.25) is 0 Å². The first-order chi connectivity index (χ1) is 11.0. The van der Waals surface area contributed by atoms with E-state index in [1.54, 1.807) is 12.1 Å². The average molecular weight is 323 g/mol. The molecule has 1 amide bonds. The number of H-pyrrole nitrogens is 1. The molecule has 0 fully saturated rings. The van der Waals surface area contributed by atoms with Gasteiger partial charge in [0, 0.05) is 0 Å². The highest BCUT2D eigenvalue weighted by atomic mass is 19.4. The van der Waals surface area contributed by atoms with E-state index in [-0.39, 0.29) is 18.7 Å². The maximum absolute atomic E-state index is 12.6. The number of nitrogens with zero attached hydrogens (tertiary/aromatic N) is 1. The minimum absolute atomic E-state index is 0.0973. The number of halogens is 3. The lowest BCUT2D eigenvalue weighted by molar-refractivity contribution is -0.141. The van der Waals surface area contributed by atoms with Crippen LogP contribution in [0, 0.1) is 11.8 Å². The highest BCUT2D eigenvalue weighted by molar-refractivity contribution is 5.67. The second kappa shape index (κ2) is 7.35. The van der Waals surface area contributed by atoms with Crippen molar-refractivity contribution in [3.05, 3.63) is 53.3 Å². The van der Waals surface area contributed by atoms with Gasteiger partial charge in [0.05, 0.1) is 18.3 Å². The van der Waals surface area contributed by atoms with Gasteiger partial charge in [-0.1, -0.05) is 42.2 Å². The molecule has 0 aliphatic heterocycles. The van der Waals surface area contributed by atoms with Crippen LogP contribution in [0.15, 0.2) is 36.5 Å². The standard InChI is InChI=1S/C15H12F3N3O2/c16-15(17,18)13-12(9-20-21-13)7-4-8-19-14(22)23-10-11-5-2-1-3-6-11/h1-3,5-6,9H,8,10H2,(H,19,22)(H,20,21). The van der Waals surface area contributed by atoms with Gasteiger partial charge in [0.15, 0.2) is 5.69 Å². The van der Waals surface area contributed by atoms with Crippen LogP contribution in [0.25, 0.3) is 0 Å². The summed E-state index contributed by atoms with van der Waals surface area (Å²) >= 11 is 0. The number of alkyl halides is 3. The summed E-state index contributed by atoms with van der Waals surface area (Å²) in [6, 6.07) is 9.05. The zero-order chi connectivity index (χ0) is 16.7. The zero-order valence-corrected chi connectivity index (χ0v) is 11.8. The first kappa shape index (κ1) is 16.4. The van der Waals surface area contributed by atoms with Gasteiger partial charge in [-0.15, -0.1) is 0 Å². The first-order valence-corrected chi connectivity index (χ1v) is 6.51. The van der Waals surface area contributed by atoms with Crippen molar-refractivity contribution in [3.63, 3.8) is 0 Å². The van der Waals surface area contributed by atoms with Gasteiger partial charge in [0.1, 0.15) is 6.61 Å². The molecule has 23 heavy (non-hydrogen) atoms. The summed E-state index contributed by atoms with van der Waals surface area (Å²) in [6.45, 7) is -0.0455. The number of ether oxygens (including phenoxy) is 1. The summed E-state index contributed by atoms with van der Waals surface area (Å²) in [5.74, 6) is 4.70. The molecule has 2 rings (SSSR count). The fourth-order valence-corrected chi connectivity index (χ4v) is 1.63. The molecule has 0 atom stereocenters. The van der Waals surface area contributed by atoms with Crippen molar-refractivity contribution in [1.82, 2.24) is 15.5 Å². The van der Waals surface area contributed by atoms with Crippen LogP contribution in [-0.2, 0) is 17.5 Å². The van der Waals surface area contributed by atoms with Crippen LogP contribution in [0.5, 0.6) is 0 Å². The predicted molar refractivity (Wildman–Crippen MR) is 75.1 cm³/mol. The number of carbonyl (C=O) groups excluding carboxylic acids is 1. The largest absolute Gasteiger partial charge is 0.445 e. The van der Waals surface area contributed by atoms with Crippen LogP contribution in [0.1, 0.15) is 16.8 Å². The molecule has 5 nitrogen and oxygen atoms in total. The summed E-state index contributed by atoms with van der Waals surface area (Å²) in [5, 5.41) is 7.48. The van der Waals surface area contributed by atoms with Crippen molar-refractivity contribution in [2.75, 3.05) is 6.54 Å². The predicted octanol–water partition coefficient (Wildman–Crippen LogP) is 2.71. The third-order valence-electron chi connectivity index (χ3n) is 2.68. The van der Waals surface area contributed by atoms with Crippen molar-refractivity contribution in [1.29, 1.82) is 0 Å². The normalized spacial score (nSPS) is 10.6. The monoisotopic (exact) mass is 323 g/mol. The van der Waals surface area contributed by atoms with Gasteiger partial charge in [0.2, 0.25) is 0 Å². The average Bonchev–Trinajstić information content (AvgIpc) is 2.99. The van der Waals surface area contributed by atoms with Crippen LogP contribution in [-0.4, -0.2) is 22.8 Å². The molecule has 1 heterocycles. The minimum atomic E-state index is -4.55. The molecule has 0 radical (unpaired) electrons. The van der Waals surface area contributed by atoms with Gasteiger partial charge in [-0.25, -0.2) is 4.79 Å². The molecular weight excluding hydrogens is 311 g/mol. The molecule has 0 spiro atoms. The first-order valence-electron chi connectivity index (χ1n) is 6.51. The van der Waals surface area contributed by atoms with E-state index in [0.29, 0.717) is 0 Å². The number of benzene rings is 1. The number of amides is 1. The maximum Gasteiger partial charge on any atom is 0.434 e. The zero-order valence-electron chi connectivity index (χ0n) is 11.8. The van der Waals surface area contributed by atoms with Crippen molar-refractivity contribution < 1.29 is 22.7 Å². The van der Waals surface area contributed by atoms with Gasteiger partial charge in [0.25, 0.3) is 0 Å². The maximum atomic E-state index is 12.6. The quantitative estimate of drug-likeness (QED) is 0.854. The van der Waals surface area contributed by atoms with E-state index in [0.717, 1.165) is 11.8 Å². The molecule has 120 valence electrons. The van der Waals surface area contributed by atoms with Gasteiger partial charge in [-0.3, -0.25) is 5.10 Å². The number of aromatic amines is 1. The summed E-state index contributed by atoms with van der Waals surface area (Å²) in [6.07, 6.45) is -4.28. The fraction of sp³-hybridized carbons (Fsp3) is 0.200. The Labute approximate surface area is 129 Å². The van der Waals surface area contributed by atoms with E-state index in [1.807, 2.05) is 23.3 Å². The number of nitrogens with one attached hydrogen (secondary N) is 2. The van der Waals surface area contributed by atoms with E-state index < -0.39 is 18.0 Å². The molecule has 0 saturated carbocycles. The molecule has 1 aromatic carbocycles. The van der Waals surface area contributed by atoms with Gasteiger partial charge >= 0.3 is 12.3 Å². The number of rotatable bonds is 3. The molecule has 1 aromatic heterocycles. The Morgan fingerprint density at radius 2 is 2.04 bits per heavy atom. The molecule has 0 aliphatic carbocycles. The second-order valence-corrected chi connectivity index (χ2v) is 4.37. The molecule has 0 bridgehead atoms. The molecule has 0 aliphatic rings.